The molecule has 1 aliphatic rings. The van der Waals surface area contributed by atoms with E-state index in [-0.39, 0.29) is 0 Å². The van der Waals surface area contributed by atoms with Crippen LogP contribution < -0.4 is 9.64 Å². The summed E-state index contributed by atoms with van der Waals surface area (Å²) < 4.78 is 6.38. The van der Waals surface area contributed by atoms with Crippen molar-refractivity contribution in [2.75, 3.05) is 18.1 Å². The number of hydrogen-bond acceptors (Lipinski definition) is 3. The van der Waals surface area contributed by atoms with Gasteiger partial charge in [-0.1, -0.05) is 39.7 Å². The molecule has 6 heteroatoms. The highest BCUT2D eigenvalue weighted by Gasteiger charge is 2.35. The van der Waals surface area contributed by atoms with Crippen LogP contribution in [0, 0.1) is 0 Å². The summed E-state index contributed by atoms with van der Waals surface area (Å²) >= 11 is 9.33. The number of Topliss-reactive ketones (excluding diaryl/α,β-unsaturated/α-hetero) is 1. The third kappa shape index (κ3) is 3.26. The minimum atomic E-state index is -0.490. The number of ketones is 1. The number of halogens is 2. The number of nitrogens with zero attached hydrogens (tertiary/aromatic N) is 1. The number of ether oxygens (including phenoxy) is 1. The van der Waals surface area contributed by atoms with Crippen molar-refractivity contribution in [3.63, 3.8) is 0 Å². The van der Waals surface area contributed by atoms with Crippen molar-refractivity contribution in [1.82, 2.24) is 0 Å². The van der Waals surface area contributed by atoms with Crippen LogP contribution in [-0.4, -0.2) is 24.8 Å². The van der Waals surface area contributed by atoms with E-state index in [9.17, 15) is 9.59 Å². The number of rotatable bonds is 5. The smallest absolute Gasteiger partial charge is 0.299 e. The summed E-state index contributed by atoms with van der Waals surface area (Å²) in [5.41, 5.74) is 1.09. The number of carbonyl (C=O) groups excluding carboxylic acids is 2. The van der Waals surface area contributed by atoms with Crippen LogP contribution in [0.1, 0.15) is 16.8 Å². The molecule has 1 heterocycles. The molecule has 0 saturated carbocycles. The predicted octanol–water partition coefficient (Wildman–Crippen LogP) is 4.10. The fourth-order valence-electron chi connectivity index (χ4n) is 2.46. The Morgan fingerprint density at radius 2 is 1.91 bits per heavy atom. The minimum Gasteiger partial charge on any atom is -0.492 e. The first-order valence-electron chi connectivity index (χ1n) is 7.11. The van der Waals surface area contributed by atoms with E-state index >= 15 is 0 Å². The van der Waals surface area contributed by atoms with Crippen LogP contribution in [0.5, 0.6) is 5.75 Å². The zero-order valence-corrected chi connectivity index (χ0v) is 14.4. The molecule has 0 saturated heterocycles. The molecule has 0 aromatic heterocycles. The lowest BCUT2D eigenvalue weighted by molar-refractivity contribution is -0.114. The molecule has 1 amide bonds. The van der Waals surface area contributed by atoms with Gasteiger partial charge in [0.15, 0.2) is 0 Å². The molecule has 23 heavy (non-hydrogen) atoms. The van der Waals surface area contributed by atoms with Crippen molar-refractivity contribution in [3.05, 3.63) is 57.5 Å². The summed E-state index contributed by atoms with van der Waals surface area (Å²) in [5.74, 6) is -0.341. The molecule has 0 atom stereocenters. The summed E-state index contributed by atoms with van der Waals surface area (Å²) in [6.07, 6.45) is 0.597. The zero-order valence-electron chi connectivity index (χ0n) is 12.1. The second-order valence-corrected chi connectivity index (χ2v) is 6.40. The Hall–Kier alpha value is -1.85. The van der Waals surface area contributed by atoms with E-state index in [0.29, 0.717) is 41.6 Å². The number of benzene rings is 2. The molecule has 0 fully saturated rings. The average Bonchev–Trinajstić information content (AvgIpc) is 2.77. The van der Waals surface area contributed by atoms with Crippen LogP contribution in [0.2, 0.25) is 5.02 Å². The maximum atomic E-state index is 12.1. The maximum absolute atomic E-state index is 12.1. The van der Waals surface area contributed by atoms with Crippen LogP contribution >= 0.6 is 27.5 Å². The van der Waals surface area contributed by atoms with Gasteiger partial charge < -0.3 is 9.64 Å². The highest BCUT2D eigenvalue weighted by Crippen LogP contribution is 2.31. The van der Waals surface area contributed by atoms with E-state index in [1.54, 1.807) is 24.3 Å². The van der Waals surface area contributed by atoms with Crippen LogP contribution in [-0.2, 0) is 4.79 Å². The van der Waals surface area contributed by atoms with Crippen LogP contribution in [0.15, 0.2) is 46.9 Å². The van der Waals surface area contributed by atoms with Gasteiger partial charge in [-0.15, -0.1) is 0 Å². The first kappa shape index (κ1) is 16.0. The molecule has 118 valence electrons. The molecule has 2 aromatic carbocycles. The van der Waals surface area contributed by atoms with Crippen molar-refractivity contribution in [1.29, 1.82) is 0 Å². The van der Waals surface area contributed by atoms with Crippen molar-refractivity contribution >= 4 is 44.9 Å². The van der Waals surface area contributed by atoms with Crippen LogP contribution in [0.3, 0.4) is 0 Å². The Morgan fingerprint density at radius 3 is 2.70 bits per heavy atom. The lowest BCUT2D eigenvalue weighted by Crippen LogP contribution is -2.31. The van der Waals surface area contributed by atoms with E-state index in [0.717, 1.165) is 4.47 Å². The monoisotopic (exact) mass is 393 g/mol. The van der Waals surface area contributed by atoms with E-state index in [1.807, 2.05) is 18.2 Å². The standard InChI is InChI=1S/C17H13BrClNO3/c18-11-6-7-14-12(10-11)16(21)17(22)20(14)8-3-9-23-15-5-2-1-4-13(15)19/h1-2,4-7,10H,3,8-9H2. The summed E-state index contributed by atoms with van der Waals surface area (Å²) in [6, 6.07) is 12.5. The Labute approximate surface area is 147 Å². The van der Waals surface area contributed by atoms with E-state index in [4.69, 9.17) is 16.3 Å². The van der Waals surface area contributed by atoms with Gasteiger partial charge in [0.25, 0.3) is 11.7 Å². The third-order valence-electron chi connectivity index (χ3n) is 3.55. The Bertz CT molecular complexity index is 778. The second kappa shape index (κ2) is 6.72. The van der Waals surface area contributed by atoms with Crippen molar-refractivity contribution in [2.24, 2.45) is 0 Å². The highest BCUT2D eigenvalue weighted by atomic mass is 79.9. The Balaban J connectivity index is 1.62. The van der Waals surface area contributed by atoms with Gasteiger partial charge in [0.05, 0.1) is 22.9 Å². The maximum Gasteiger partial charge on any atom is 0.299 e. The molecule has 3 rings (SSSR count). The molecule has 4 nitrogen and oxygen atoms in total. The molecule has 1 aliphatic heterocycles. The zero-order chi connectivity index (χ0) is 16.4. The minimum absolute atomic E-state index is 0.410. The van der Waals surface area contributed by atoms with Gasteiger partial charge in [-0.3, -0.25) is 9.59 Å². The molecular formula is C17H13BrClNO3. The number of para-hydroxylation sites is 1. The van der Waals surface area contributed by atoms with E-state index < -0.39 is 11.7 Å². The second-order valence-electron chi connectivity index (χ2n) is 5.08. The Morgan fingerprint density at radius 1 is 1.13 bits per heavy atom. The molecule has 0 radical (unpaired) electrons. The number of anilines is 1. The highest BCUT2D eigenvalue weighted by molar-refractivity contribution is 9.10. The Kier molecular flexibility index (Phi) is 4.68. The van der Waals surface area contributed by atoms with Crippen LogP contribution in [0.25, 0.3) is 0 Å². The van der Waals surface area contributed by atoms with E-state index in [2.05, 4.69) is 15.9 Å². The average molecular weight is 395 g/mol. The van der Waals surface area contributed by atoms with Gasteiger partial charge in [0.1, 0.15) is 5.75 Å². The normalized spacial score (nSPS) is 13.4. The summed E-state index contributed by atoms with van der Waals surface area (Å²) in [6.45, 7) is 0.831. The first-order chi connectivity index (χ1) is 11.1. The predicted molar refractivity (Wildman–Crippen MR) is 92.4 cm³/mol. The van der Waals surface area contributed by atoms with Crippen LogP contribution in [0.4, 0.5) is 5.69 Å². The number of carbonyl (C=O) groups is 2. The quantitative estimate of drug-likeness (QED) is 0.566. The molecule has 0 N–H and O–H groups in total. The van der Waals surface area contributed by atoms with Gasteiger partial charge in [-0.25, -0.2) is 0 Å². The van der Waals surface area contributed by atoms with Crippen molar-refractivity contribution < 1.29 is 14.3 Å². The molecular weight excluding hydrogens is 382 g/mol. The van der Waals surface area contributed by atoms with Gasteiger partial charge in [0.2, 0.25) is 0 Å². The van der Waals surface area contributed by atoms with Crippen molar-refractivity contribution in [3.8, 4) is 5.75 Å². The topological polar surface area (TPSA) is 46.6 Å². The fraction of sp³-hybridized carbons (Fsp3) is 0.176. The first-order valence-corrected chi connectivity index (χ1v) is 8.28. The lowest BCUT2D eigenvalue weighted by Gasteiger charge is -2.16. The van der Waals surface area contributed by atoms with Gasteiger partial charge >= 0.3 is 0 Å². The molecule has 0 bridgehead atoms. The largest absolute Gasteiger partial charge is 0.492 e. The number of amides is 1. The fourth-order valence-corrected chi connectivity index (χ4v) is 3.01. The molecule has 0 aliphatic carbocycles. The summed E-state index contributed by atoms with van der Waals surface area (Å²) in [4.78, 5) is 25.6. The lowest BCUT2D eigenvalue weighted by atomic mass is 10.1. The van der Waals surface area contributed by atoms with Crippen molar-refractivity contribution in [2.45, 2.75) is 6.42 Å². The molecule has 0 spiro atoms. The number of hydrogen-bond donors (Lipinski definition) is 0. The molecule has 2 aromatic rings. The SMILES string of the molecule is O=C1C(=O)N(CCCOc2ccccc2Cl)c2ccc(Br)cc21. The third-order valence-corrected chi connectivity index (χ3v) is 4.36. The number of fused-ring (bicyclic) bond motifs is 1. The molecule has 0 unspecified atom stereocenters. The van der Waals surface area contributed by atoms with Gasteiger partial charge in [-0.2, -0.15) is 0 Å². The van der Waals surface area contributed by atoms with E-state index in [1.165, 1.54) is 4.90 Å². The van der Waals surface area contributed by atoms with Gasteiger partial charge in [-0.05, 0) is 36.8 Å². The summed E-state index contributed by atoms with van der Waals surface area (Å²) in [5, 5.41) is 0.551. The van der Waals surface area contributed by atoms with Gasteiger partial charge in [0, 0.05) is 11.0 Å². The summed E-state index contributed by atoms with van der Waals surface area (Å²) in [7, 11) is 0.